The van der Waals surface area contributed by atoms with Crippen LogP contribution in [0.3, 0.4) is 0 Å². The minimum absolute atomic E-state index is 0.0609. The zero-order chi connectivity index (χ0) is 18.9. The van der Waals surface area contributed by atoms with Crippen LogP contribution in [0.4, 0.5) is 11.4 Å². The second-order valence-corrected chi connectivity index (χ2v) is 5.92. The Morgan fingerprint density at radius 2 is 1.85 bits per heavy atom. The molecule has 0 aliphatic carbocycles. The number of hydrogen-bond donors (Lipinski definition) is 3. The summed E-state index contributed by atoms with van der Waals surface area (Å²) in [5.74, 6) is -1.07. The molecule has 0 aliphatic rings. The summed E-state index contributed by atoms with van der Waals surface area (Å²) in [6.45, 7) is 4.36. The highest BCUT2D eigenvalue weighted by Gasteiger charge is 2.17. The van der Waals surface area contributed by atoms with E-state index in [0.717, 1.165) is 18.4 Å². The van der Waals surface area contributed by atoms with Crippen molar-refractivity contribution in [2.45, 2.75) is 33.2 Å². The van der Waals surface area contributed by atoms with Crippen molar-refractivity contribution in [3.05, 3.63) is 53.6 Å². The van der Waals surface area contributed by atoms with Crippen LogP contribution in [0.2, 0.25) is 0 Å². The molecule has 2 aromatic rings. The maximum absolute atomic E-state index is 11.6. The number of carbonyl (C=O) groups is 2. The maximum Gasteiger partial charge on any atom is 0.339 e. The molecule has 0 saturated carbocycles. The first-order valence-corrected chi connectivity index (χ1v) is 8.60. The number of carboxylic acid groups (broad SMARTS) is 1. The quantitative estimate of drug-likeness (QED) is 0.588. The SMILES string of the molecule is CCCCOc1cc(NC(C)=O)c(NCc2ccccc2)cc1C(=O)O. The highest BCUT2D eigenvalue weighted by atomic mass is 16.5. The van der Waals surface area contributed by atoms with Gasteiger partial charge >= 0.3 is 5.97 Å². The number of ether oxygens (including phenoxy) is 1. The van der Waals surface area contributed by atoms with Gasteiger partial charge in [-0.25, -0.2) is 4.79 Å². The van der Waals surface area contributed by atoms with Crippen LogP contribution in [-0.4, -0.2) is 23.6 Å². The monoisotopic (exact) mass is 356 g/mol. The normalized spacial score (nSPS) is 10.2. The van der Waals surface area contributed by atoms with Crippen molar-refractivity contribution in [2.24, 2.45) is 0 Å². The number of amides is 1. The topological polar surface area (TPSA) is 87.7 Å². The third kappa shape index (κ3) is 5.51. The lowest BCUT2D eigenvalue weighted by Crippen LogP contribution is -2.12. The average Bonchev–Trinajstić information content (AvgIpc) is 2.61. The third-order valence-electron chi connectivity index (χ3n) is 3.74. The second-order valence-electron chi connectivity index (χ2n) is 5.92. The van der Waals surface area contributed by atoms with E-state index in [0.29, 0.717) is 24.5 Å². The number of aromatic carboxylic acids is 1. The summed E-state index contributed by atoms with van der Waals surface area (Å²) in [5, 5.41) is 15.4. The highest BCUT2D eigenvalue weighted by Crippen LogP contribution is 2.32. The smallest absolute Gasteiger partial charge is 0.339 e. The Morgan fingerprint density at radius 3 is 2.46 bits per heavy atom. The Morgan fingerprint density at radius 1 is 1.12 bits per heavy atom. The van der Waals surface area contributed by atoms with Crippen molar-refractivity contribution < 1.29 is 19.4 Å². The van der Waals surface area contributed by atoms with Crippen molar-refractivity contribution in [1.82, 2.24) is 0 Å². The van der Waals surface area contributed by atoms with Crippen molar-refractivity contribution in [1.29, 1.82) is 0 Å². The summed E-state index contributed by atoms with van der Waals surface area (Å²) in [5.41, 5.74) is 2.13. The van der Waals surface area contributed by atoms with Crippen LogP contribution in [0, 0.1) is 0 Å². The molecule has 0 radical (unpaired) electrons. The number of anilines is 2. The van der Waals surface area contributed by atoms with Crippen molar-refractivity contribution in [3.63, 3.8) is 0 Å². The molecule has 0 aliphatic heterocycles. The first kappa shape index (κ1) is 19.3. The van der Waals surface area contributed by atoms with Crippen LogP contribution in [0.1, 0.15) is 42.6 Å². The lowest BCUT2D eigenvalue weighted by molar-refractivity contribution is -0.114. The maximum atomic E-state index is 11.6. The number of carbonyl (C=O) groups excluding carboxylic acids is 1. The van der Waals surface area contributed by atoms with Gasteiger partial charge in [-0.3, -0.25) is 4.79 Å². The predicted molar refractivity (Wildman–Crippen MR) is 102 cm³/mol. The van der Waals surface area contributed by atoms with Gasteiger partial charge < -0.3 is 20.5 Å². The molecule has 0 aromatic heterocycles. The molecule has 0 spiro atoms. The van der Waals surface area contributed by atoms with Crippen molar-refractivity contribution >= 4 is 23.3 Å². The molecule has 0 bridgehead atoms. The van der Waals surface area contributed by atoms with E-state index >= 15 is 0 Å². The number of rotatable bonds is 9. The Kier molecular flexibility index (Phi) is 7.02. The van der Waals surface area contributed by atoms with Crippen LogP contribution in [-0.2, 0) is 11.3 Å². The van der Waals surface area contributed by atoms with E-state index in [9.17, 15) is 14.7 Å². The summed E-state index contributed by atoms with van der Waals surface area (Å²) in [6, 6.07) is 12.8. The predicted octanol–water partition coefficient (Wildman–Crippen LogP) is 4.13. The number of benzene rings is 2. The number of nitrogens with one attached hydrogen (secondary N) is 2. The summed E-state index contributed by atoms with van der Waals surface area (Å²) in [4.78, 5) is 23.2. The Bertz CT molecular complexity index is 760. The molecule has 0 saturated heterocycles. The standard InChI is InChI=1S/C20H24N2O4/c1-3-4-10-26-19-12-18(22-14(2)23)17(11-16(19)20(24)25)21-13-15-8-6-5-7-9-15/h5-9,11-12,21H,3-4,10,13H2,1-2H3,(H,22,23)(H,24,25). The molecular formula is C20H24N2O4. The van der Waals surface area contributed by atoms with Crippen LogP contribution >= 0.6 is 0 Å². The molecule has 0 unspecified atom stereocenters. The minimum Gasteiger partial charge on any atom is -0.493 e. The van der Waals surface area contributed by atoms with E-state index in [1.807, 2.05) is 37.3 Å². The summed E-state index contributed by atoms with van der Waals surface area (Å²) in [7, 11) is 0. The van der Waals surface area contributed by atoms with Gasteiger partial charge in [0.2, 0.25) is 5.91 Å². The largest absolute Gasteiger partial charge is 0.493 e. The molecule has 1 amide bonds. The van der Waals surface area contributed by atoms with E-state index in [1.54, 1.807) is 6.07 Å². The molecule has 26 heavy (non-hydrogen) atoms. The molecule has 6 nitrogen and oxygen atoms in total. The van der Waals surface area contributed by atoms with Crippen molar-refractivity contribution in [2.75, 3.05) is 17.2 Å². The van der Waals surface area contributed by atoms with Crippen molar-refractivity contribution in [3.8, 4) is 5.75 Å². The fraction of sp³-hybridized carbons (Fsp3) is 0.300. The first-order valence-electron chi connectivity index (χ1n) is 8.60. The molecule has 0 heterocycles. The fourth-order valence-corrected chi connectivity index (χ4v) is 2.43. The molecule has 0 atom stereocenters. The number of unbranched alkanes of at least 4 members (excludes halogenated alkanes) is 1. The second kappa shape index (κ2) is 9.46. The van der Waals surface area contributed by atoms with Gasteiger partial charge in [-0.15, -0.1) is 0 Å². The molecule has 6 heteroatoms. The van der Waals surface area contributed by atoms with Gasteiger partial charge in [-0.05, 0) is 18.1 Å². The number of carboxylic acids is 1. The molecule has 0 fully saturated rings. The Hall–Kier alpha value is -3.02. The van der Waals surface area contributed by atoms with E-state index in [2.05, 4.69) is 10.6 Å². The van der Waals surface area contributed by atoms with E-state index in [4.69, 9.17) is 4.74 Å². The summed E-state index contributed by atoms with van der Waals surface area (Å²) >= 11 is 0. The molecule has 3 N–H and O–H groups in total. The lowest BCUT2D eigenvalue weighted by atomic mass is 10.1. The molecule has 2 rings (SSSR count). The van der Waals surface area contributed by atoms with Gasteiger partial charge in [-0.2, -0.15) is 0 Å². The Balaban J connectivity index is 2.32. The lowest BCUT2D eigenvalue weighted by Gasteiger charge is -2.17. The zero-order valence-corrected chi connectivity index (χ0v) is 15.0. The van der Waals surface area contributed by atoms with Gasteiger partial charge in [0, 0.05) is 19.5 Å². The summed E-state index contributed by atoms with van der Waals surface area (Å²) < 4.78 is 5.62. The van der Waals surface area contributed by atoms with Gasteiger partial charge in [-0.1, -0.05) is 43.7 Å². The third-order valence-corrected chi connectivity index (χ3v) is 3.74. The minimum atomic E-state index is -1.08. The van der Waals surface area contributed by atoms with E-state index < -0.39 is 5.97 Å². The first-order chi connectivity index (χ1) is 12.5. The Labute approximate surface area is 153 Å². The van der Waals surface area contributed by atoms with Gasteiger partial charge in [0.15, 0.2) is 0 Å². The molecular weight excluding hydrogens is 332 g/mol. The van der Waals surface area contributed by atoms with Gasteiger partial charge in [0.05, 0.1) is 18.0 Å². The number of hydrogen-bond acceptors (Lipinski definition) is 4. The van der Waals surface area contributed by atoms with E-state index in [1.165, 1.54) is 13.0 Å². The van der Waals surface area contributed by atoms with Gasteiger partial charge in [0.1, 0.15) is 11.3 Å². The molecule has 138 valence electrons. The van der Waals surface area contributed by atoms with Crippen LogP contribution < -0.4 is 15.4 Å². The zero-order valence-electron chi connectivity index (χ0n) is 15.0. The summed E-state index contributed by atoms with van der Waals surface area (Å²) in [6.07, 6.45) is 1.76. The van der Waals surface area contributed by atoms with Crippen LogP contribution in [0.5, 0.6) is 5.75 Å². The fourth-order valence-electron chi connectivity index (χ4n) is 2.43. The average molecular weight is 356 g/mol. The van der Waals surface area contributed by atoms with Crippen LogP contribution in [0.25, 0.3) is 0 Å². The van der Waals surface area contributed by atoms with E-state index in [-0.39, 0.29) is 17.2 Å². The molecule has 2 aromatic carbocycles. The highest BCUT2D eigenvalue weighted by molar-refractivity contribution is 5.98. The van der Waals surface area contributed by atoms with Crippen LogP contribution in [0.15, 0.2) is 42.5 Å². The van der Waals surface area contributed by atoms with Gasteiger partial charge in [0.25, 0.3) is 0 Å².